The van der Waals surface area contributed by atoms with Crippen LogP contribution >= 0.6 is 11.6 Å². The number of hydrogen-bond donors (Lipinski definition) is 1. The molecule has 2 heterocycles. The zero-order chi connectivity index (χ0) is 18.4. The fraction of sp³-hybridized carbons (Fsp3) is 0.579. The van der Waals surface area contributed by atoms with E-state index in [-0.39, 0.29) is 5.91 Å². The lowest BCUT2D eigenvalue weighted by molar-refractivity contribution is -0.135. The number of hydrogen-bond acceptors (Lipinski definition) is 3. The van der Waals surface area contributed by atoms with Crippen LogP contribution in [0.15, 0.2) is 29.3 Å². The molecule has 0 aliphatic carbocycles. The summed E-state index contributed by atoms with van der Waals surface area (Å²) < 4.78 is 5.40. The molecule has 0 saturated carbocycles. The van der Waals surface area contributed by atoms with E-state index < -0.39 is 0 Å². The molecule has 0 bridgehead atoms. The number of carbonyl (C=O) groups excluding carboxylic acids is 1. The first-order chi connectivity index (χ1) is 12.7. The highest BCUT2D eigenvalue weighted by Gasteiger charge is 2.26. The first-order valence-electron chi connectivity index (χ1n) is 9.21. The van der Waals surface area contributed by atoms with Crippen LogP contribution in [0.1, 0.15) is 18.4 Å². The van der Waals surface area contributed by atoms with E-state index in [1.54, 1.807) is 7.05 Å². The van der Waals surface area contributed by atoms with Crippen LogP contribution in [0.2, 0.25) is 5.02 Å². The van der Waals surface area contributed by atoms with Gasteiger partial charge in [0.2, 0.25) is 5.91 Å². The van der Waals surface area contributed by atoms with E-state index in [9.17, 15) is 4.79 Å². The Balaban J connectivity index is 1.49. The van der Waals surface area contributed by atoms with E-state index in [2.05, 4.69) is 10.3 Å². The van der Waals surface area contributed by atoms with Gasteiger partial charge >= 0.3 is 0 Å². The molecule has 2 aliphatic rings. The van der Waals surface area contributed by atoms with E-state index in [4.69, 9.17) is 16.3 Å². The summed E-state index contributed by atoms with van der Waals surface area (Å²) in [5.41, 5.74) is 1.10. The topological polar surface area (TPSA) is 57.2 Å². The highest BCUT2D eigenvalue weighted by Crippen LogP contribution is 2.15. The van der Waals surface area contributed by atoms with Gasteiger partial charge in [-0.3, -0.25) is 9.79 Å². The molecule has 2 aliphatic heterocycles. The number of nitrogens with one attached hydrogen (secondary N) is 1. The van der Waals surface area contributed by atoms with Gasteiger partial charge in [-0.15, -0.1) is 0 Å². The molecule has 0 aromatic heterocycles. The van der Waals surface area contributed by atoms with E-state index in [0.29, 0.717) is 30.6 Å². The summed E-state index contributed by atoms with van der Waals surface area (Å²) >= 11 is 5.92. The van der Waals surface area contributed by atoms with Crippen molar-refractivity contribution in [2.24, 2.45) is 10.9 Å². The lowest BCUT2D eigenvalue weighted by Crippen LogP contribution is -2.55. The Labute approximate surface area is 160 Å². The van der Waals surface area contributed by atoms with Crippen LogP contribution in [0.25, 0.3) is 0 Å². The molecule has 1 aromatic carbocycles. The van der Waals surface area contributed by atoms with Crippen molar-refractivity contribution in [3.8, 4) is 0 Å². The van der Waals surface area contributed by atoms with Crippen molar-refractivity contribution in [1.29, 1.82) is 0 Å². The van der Waals surface area contributed by atoms with Gasteiger partial charge in [-0.05, 0) is 36.5 Å². The van der Waals surface area contributed by atoms with Gasteiger partial charge in [0, 0.05) is 51.5 Å². The first-order valence-corrected chi connectivity index (χ1v) is 9.59. The molecule has 0 spiro atoms. The average Bonchev–Trinajstić information content (AvgIpc) is 2.67. The van der Waals surface area contributed by atoms with Crippen LogP contribution in [0.4, 0.5) is 0 Å². The van der Waals surface area contributed by atoms with Gasteiger partial charge in [0.25, 0.3) is 0 Å². The minimum atomic E-state index is 0.125. The fourth-order valence-electron chi connectivity index (χ4n) is 3.39. The van der Waals surface area contributed by atoms with E-state index >= 15 is 0 Å². The zero-order valence-corrected chi connectivity index (χ0v) is 16.0. The SMILES string of the molecule is CN=C(NCC1CCOCC1)N1CCN(Cc2ccc(Cl)cc2)C(=O)C1. The number of benzene rings is 1. The van der Waals surface area contributed by atoms with Crippen molar-refractivity contribution in [2.45, 2.75) is 19.4 Å². The molecule has 6 nitrogen and oxygen atoms in total. The van der Waals surface area contributed by atoms with Crippen molar-refractivity contribution in [1.82, 2.24) is 15.1 Å². The standard InChI is InChI=1S/C19H27ClN4O2/c1-21-19(22-12-15-6-10-26-11-7-15)24-9-8-23(18(25)14-24)13-16-2-4-17(20)5-3-16/h2-5,15H,6-14H2,1H3,(H,21,22). The van der Waals surface area contributed by atoms with Crippen LogP contribution in [-0.4, -0.2) is 68.1 Å². The Morgan fingerprint density at radius 2 is 2.00 bits per heavy atom. The molecule has 142 valence electrons. The quantitative estimate of drug-likeness (QED) is 0.643. The average molecular weight is 379 g/mol. The molecular formula is C19H27ClN4O2. The maximum Gasteiger partial charge on any atom is 0.242 e. The van der Waals surface area contributed by atoms with E-state index in [0.717, 1.165) is 50.7 Å². The number of carbonyl (C=O) groups is 1. The largest absolute Gasteiger partial charge is 0.381 e. The second kappa shape index (κ2) is 9.24. The fourth-order valence-corrected chi connectivity index (χ4v) is 3.51. The van der Waals surface area contributed by atoms with Gasteiger partial charge in [-0.2, -0.15) is 0 Å². The molecular weight excluding hydrogens is 352 g/mol. The predicted molar refractivity (Wildman–Crippen MR) is 103 cm³/mol. The molecule has 7 heteroatoms. The third-order valence-electron chi connectivity index (χ3n) is 5.01. The summed E-state index contributed by atoms with van der Waals surface area (Å²) in [6.45, 7) is 5.03. The number of guanidine groups is 1. The van der Waals surface area contributed by atoms with Crippen LogP contribution in [-0.2, 0) is 16.1 Å². The summed E-state index contributed by atoms with van der Waals surface area (Å²) in [5, 5.41) is 4.15. The van der Waals surface area contributed by atoms with E-state index in [1.165, 1.54) is 0 Å². The summed E-state index contributed by atoms with van der Waals surface area (Å²) in [4.78, 5) is 20.9. The van der Waals surface area contributed by atoms with Crippen LogP contribution in [0.5, 0.6) is 0 Å². The number of piperazine rings is 1. The number of aliphatic imine (C=N–C) groups is 1. The Bertz CT molecular complexity index is 629. The Kier molecular flexibility index (Phi) is 6.74. The molecule has 2 fully saturated rings. The van der Waals surface area contributed by atoms with Gasteiger partial charge < -0.3 is 19.9 Å². The molecule has 1 amide bonds. The zero-order valence-electron chi connectivity index (χ0n) is 15.3. The predicted octanol–water partition coefficient (Wildman–Crippen LogP) is 1.99. The van der Waals surface area contributed by atoms with Crippen molar-refractivity contribution < 1.29 is 9.53 Å². The molecule has 0 radical (unpaired) electrons. The van der Waals surface area contributed by atoms with Gasteiger partial charge in [0.05, 0.1) is 6.54 Å². The number of amides is 1. The molecule has 0 unspecified atom stereocenters. The van der Waals surface area contributed by atoms with Crippen LogP contribution < -0.4 is 5.32 Å². The Morgan fingerprint density at radius 3 is 2.65 bits per heavy atom. The molecule has 1 aromatic rings. The number of halogens is 1. The maximum atomic E-state index is 12.6. The highest BCUT2D eigenvalue weighted by molar-refractivity contribution is 6.30. The number of rotatable bonds is 4. The second-order valence-corrected chi connectivity index (χ2v) is 7.28. The lowest BCUT2D eigenvalue weighted by atomic mass is 10.0. The normalized spacial score (nSPS) is 19.8. The van der Waals surface area contributed by atoms with Crippen molar-refractivity contribution in [3.05, 3.63) is 34.9 Å². The third kappa shape index (κ3) is 5.11. The van der Waals surface area contributed by atoms with Crippen LogP contribution in [0, 0.1) is 5.92 Å². The maximum absolute atomic E-state index is 12.6. The molecule has 2 saturated heterocycles. The molecule has 1 N–H and O–H groups in total. The van der Waals surface area contributed by atoms with E-state index in [1.807, 2.05) is 34.1 Å². The van der Waals surface area contributed by atoms with Crippen molar-refractivity contribution in [3.63, 3.8) is 0 Å². The van der Waals surface area contributed by atoms with Gasteiger partial charge in [-0.25, -0.2) is 0 Å². The minimum absolute atomic E-state index is 0.125. The summed E-state index contributed by atoms with van der Waals surface area (Å²) in [6.07, 6.45) is 2.16. The summed E-state index contributed by atoms with van der Waals surface area (Å²) in [7, 11) is 1.77. The van der Waals surface area contributed by atoms with Gasteiger partial charge in [0.1, 0.15) is 0 Å². The van der Waals surface area contributed by atoms with Crippen molar-refractivity contribution >= 4 is 23.5 Å². The van der Waals surface area contributed by atoms with Crippen LogP contribution in [0.3, 0.4) is 0 Å². The van der Waals surface area contributed by atoms with Gasteiger partial charge in [-0.1, -0.05) is 23.7 Å². The summed E-state index contributed by atoms with van der Waals surface area (Å²) in [5.74, 6) is 1.55. The monoisotopic (exact) mass is 378 g/mol. The minimum Gasteiger partial charge on any atom is -0.381 e. The smallest absolute Gasteiger partial charge is 0.242 e. The number of ether oxygens (including phenoxy) is 1. The highest BCUT2D eigenvalue weighted by atomic mass is 35.5. The molecule has 0 atom stereocenters. The number of nitrogens with zero attached hydrogens (tertiary/aromatic N) is 3. The lowest BCUT2D eigenvalue weighted by Gasteiger charge is -2.36. The molecule has 3 rings (SSSR count). The van der Waals surface area contributed by atoms with Crippen molar-refractivity contribution in [2.75, 3.05) is 46.4 Å². The molecule has 26 heavy (non-hydrogen) atoms. The Hall–Kier alpha value is -1.79. The Morgan fingerprint density at radius 1 is 1.27 bits per heavy atom. The van der Waals surface area contributed by atoms with Gasteiger partial charge in [0.15, 0.2) is 5.96 Å². The third-order valence-corrected chi connectivity index (χ3v) is 5.26. The summed E-state index contributed by atoms with van der Waals surface area (Å²) in [6, 6.07) is 7.66. The first kappa shape index (κ1) is 19.0. The second-order valence-electron chi connectivity index (χ2n) is 6.85.